The first kappa shape index (κ1) is 19.5. The molecule has 5 rings (SSSR count). The molecule has 2 fully saturated rings. The molecule has 3 aliphatic rings. The molecule has 1 saturated carbocycles. The molecule has 6 heteroatoms. The molecule has 1 aliphatic carbocycles. The maximum absolute atomic E-state index is 13.6. The van der Waals surface area contributed by atoms with Crippen molar-refractivity contribution in [2.24, 2.45) is 5.41 Å². The number of nitrogens with zero attached hydrogens (tertiary/aromatic N) is 1. The zero-order valence-corrected chi connectivity index (χ0v) is 17.9. The number of ketones is 1. The van der Waals surface area contributed by atoms with Crippen molar-refractivity contribution in [2.75, 3.05) is 16.4 Å². The van der Waals surface area contributed by atoms with Gasteiger partial charge in [-0.05, 0) is 48.7 Å². The summed E-state index contributed by atoms with van der Waals surface area (Å²) in [4.78, 5) is 28.4. The van der Waals surface area contributed by atoms with Crippen molar-refractivity contribution >= 4 is 32.9 Å². The zero-order chi connectivity index (χ0) is 21.1. The van der Waals surface area contributed by atoms with E-state index in [9.17, 15) is 18.0 Å². The molecular weight excluding hydrogens is 398 g/mol. The van der Waals surface area contributed by atoms with Crippen molar-refractivity contribution in [1.82, 2.24) is 0 Å². The molecule has 0 N–H and O–H groups in total. The number of anilines is 2. The van der Waals surface area contributed by atoms with Crippen LogP contribution < -0.4 is 4.90 Å². The van der Waals surface area contributed by atoms with Crippen molar-refractivity contribution in [3.05, 3.63) is 59.7 Å². The van der Waals surface area contributed by atoms with Gasteiger partial charge in [0.15, 0.2) is 15.6 Å². The Morgan fingerprint density at radius 3 is 2.33 bits per heavy atom. The number of sulfone groups is 1. The molecule has 1 saturated heterocycles. The molecule has 30 heavy (non-hydrogen) atoms. The fourth-order valence-corrected chi connectivity index (χ4v) is 7.88. The Balaban J connectivity index is 1.53. The van der Waals surface area contributed by atoms with Crippen LogP contribution in [0.4, 0.5) is 11.4 Å². The number of carbonyl (C=O) groups excluding carboxylic acids is 2. The fourth-order valence-electron chi connectivity index (χ4n) is 5.63. The van der Waals surface area contributed by atoms with E-state index in [2.05, 4.69) is 0 Å². The number of Topliss-reactive ketones (excluding diaryl/α,β-unsaturated/α-hetero) is 1. The number of fused-ring (bicyclic) bond motifs is 2. The second kappa shape index (κ2) is 6.51. The van der Waals surface area contributed by atoms with E-state index in [4.69, 9.17) is 0 Å². The van der Waals surface area contributed by atoms with Crippen molar-refractivity contribution in [2.45, 2.75) is 44.4 Å². The minimum atomic E-state index is -2.99. The number of para-hydroxylation sites is 1. The fraction of sp³-hybridized carbons (Fsp3) is 0.417. The number of hydrogen-bond acceptors (Lipinski definition) is 4. The summed E-state index contributed by atoms with van der Waals surface area (Å²) >= 11 is 0. The van der Waals surface area contributed by atoms with E-state index in [1.165, 1.54) is 0 Å². The van der Waals surface area contributed by atoms with Crippen molar-refractivity contribution < 1.29 is 18.0 Å². The van der Waals surface area contributed by atoms with Crippen LogP contribution in [0.2, 0.25) is 0 Å². The van der Waals surface area contributed by atoms with Gasteiger partial charge in [0.05, 0.1) is 22.6 Å². The highest BCUT2D eigenvalue weighted by atomic mass is 32.2. The summed E-state index contributed by atoms with van der Waals surface area (Å²) in [5.41, 5.74) is 2.21. The molecule has 1 amide bonds. The first-order valence-corrected chi connectivity index (χ1v) is 12.3. The second-order valence-electron chi connectivity index (χ2n) is 9.44. The van der Waals surface area contributed by atoms with Gasteiger partial charge in [0.2, 0.25) is 5.91 Å². The van der Waals surface area contributed by atoms with Gasteiger partial charge in [-0.2, -0.15) is 0 Å². The van der Waals surface area contributed by atoms with E-state index in [0.717, 1.165) is 42.6 Å². The van der Waals surface area contributed by atoms with Gasteiger partial charge in [-0.15, -0.1) is 0 Å². The number of rotatable bonds is 4. The van der Waals surface area contributed by atoms with E-state index in [-0.39, 0.29) is 29.6 Å². The Labute approximate surface area is 177 Å². The Kier molecular flexibility index (Phi) is 4.23. The molecule has 2 heterocycles. The highest BCUT2D eigenvalue weighted by Crippen LogP contribution is 2.53. The lowest BCUT2D eigenvalue weighted by molar-refractivity contribution is -0.122. The topological polar surface area (TPSA) is 71.5 Å². The Hall–Kier alpha value is -2.47. The summed E-state index contributed by atoms with van der Waals surface area (Å²) in [6.45, 7) is 1.86. The van der Waals surface area contributed by atoms with E-state index in [0.29, 0.717) is 5.56 Å². The third-order valence-electron chi connectivity index (χ3n) is 6.88. The summed E-state index contributed by atoms with van der Waals surface area (Å²) < 4.78 is 23.2. The monoisotopic (exact) mass is 423 g/mol. The SMILES string of the molecule is CC1(CC(=O)c2ccc3c(c2)C2(CCCC2)C(=O)N3c2ccccc2)CS(=O)(=O)C1. The molecule has 2 aromatic carbocycles. The van der Waals surface area contributed by atoms with Gasteiger partial charge in [0.1, 0.15) is 0 Å². The predicted octanol–water partition coefficient (Wildman–Crippen LogP) is 4.18. The number of amides is 1. The van der Waals surface area contributed by atoms with E-state index in [1.807, 2.05) is 49.4 Å². The van der Waals surface area contributed by atoms with Crippen LogP contribution in [-0.4, -0.2) is 31.6 Å². The summed E-state index contributed by atoms with van der Waals surface area (Å²) in [7, 11) is -2.99. The van der Waals surface area contributed by atoms with Gasteiger partial charge in [-0.25, -0.2) is 8.42 Å². The van der Waals surface area contributed by atoms with Crippen LogP contribution in [0.5, 0.6) is 0 Å². The number of hydrogen-bond donors (Lipinski definition) is 0. The van der Waals surface area contributed by atoms with Gasteiger partial charge >= 0.3 is 0 Å². The Morgan fingerprint density at radius 2 is 1.70 bits per heavy atom. The molecule has 1 spiro atoms. The third kappa shape index (κ3) is 2.92. The first-order chi connectivity index (χ1) is 14.2. The third-order valence-corrected chi connectivity index (χ3v) is 9.16. The van der Waals surface area contributed by atoms with Crippen LogP contribution in [0.25, 0.3) is 0 Å². The first-order valence-electron chi connectivity index (χ1n) is 10.5. The van der Waals surface area contributed by atoms with Gasteiger partial charge < -0.3 is 0 Å². The maximum atomic E-state index is 13.6. The van der Waals surface area contributed by atoms with Gasteiger partial charge in [0.25, 0.3) is 0 Å². The van der Waals surface area contributed by atoms with E-state index < -0.39 is 20.7 Å². The molecule has 0 aromatic heterocycles. The van der Waals surface area contributed by atoms with Crippen LogP contribution in [0.1, 0.15) is 54.9 Å². The number of benzene rings is 2. The standard InChI is InChI=1S/C24H25NO4S/c1-23(15-30(28,29)16-23)14-21(26)17-9-10-20-19(13-17)24(11-5-6-12-24)22(27)25(20)18-7-3-2-4-8-18/h2-4,7-10,13H,5-6,11-12,14-16H2,1H3. The van der Waals surface area contributed by atoms with Crippen LogP contribution in [-0.2, 0) is 20.0 Å². The highest BCUT2D eigenvalue weighted by Gasteiger charge is 2.53. The van der Waals surface area contributed by atoms with Crippen molar-refractivity contribution in [1.29, 1.82) is 0 Å². The summed E-state index contributed by atoms with van der Waals surface area (Å²) in [6.07, 6.45) is 3.82. The van der Waals surface area contributed by atoms with Crippen LogP contribution in [0, 0.1) is 5.41 Å². The average Bonchev–Trinajstić information content (AvgIpc) is 3.26. The van der Waals surface area contributed by atoms with Crippen molar-refractivity contribution in [3.63, 3.8) is 0 Å². The molecule has 0 bridgehead atoms. The van der Waals surface area contributed by atoms with Crippen LogP contribution >= 0.6 is 0 Å². The lowest BCUT2D eigenvalue weighted by Crippen LogP contribution is -2.47. The molecule has 0 radical (unpaired) electrons. The maximum Gasteiger partial charge on any atom is 0.242 e. The molecule has 0 atom stereocenters. The highest BCUT2D eigenvalue weighted by molar-refractivity contribution is 7.92. The minimum Gasteiger partial charge on any atom is -0.294 e. The quantitative estimate of drug-likeness (QED) is 0.692. The molecule has 0 unspecified atom stereocenters. The lowest BCUT2D eigenvalue weighted by Gasteiger charge is -2.37. The van der Waals surface area contributed by atoms with Crippen LogP contribution in [0.3, 0.4) is 0 Å². The summed E-state index contributed by atoms with van der Waals surface area (Å²) in [5.74, 6) is 0.193. The smallest absolute Gasteiger partial charge is 0.242 e. The predicted molar refractivity (Wildman–Crippen MR) is 116 cm³/mol. The normalized spacial score (nSPS) is 22.7. The molecule has 2 aromatic rings. The Morgan fingerprint density at radius 1 is 1.03 bits per heavy atom. The van der Waals surface area contributed by atoms with Gasteiger partial charge in [0, 0.05) is 23.1 Å². The summed E-state index contributed by atoms with van der Waals surface area (Å²) in [6, 6.07) is 15.2. The van der Waals surface area contributed by atoms with Gasteiger partial charge in [-0.1, -0.05) is 38.0 Å². The Bertz CT molecular complexity index is 1130. The molecule has 2 aliphatic heterocycles. The molecule has 156 valence electrons. The zero-order valence-electron chi connectivity index (χ0n) is 17.1. The largest absolute Gasteiger partial charge is 0.294 e. The minimum absolute atomic E-state index is 0.0473. The average molecular weight is 424 g/mol. The second-order valence-corrected chi connectivity index (χ2v) is 11.5. The van der Waals surface area contributed by atoms with Crippen molar-refractivity contribution in [3.8, 4) is 0 Å². The van der Waals surface area contributed by atoms with E-state index in [1.54, 1.807) is 11.0 Å². The van der Waals surface area contributed by atoms with E-state index >= 15 is 0 Å². The van der Waals surface area contributed by atoms with Crippen LogP contribution in [0.15, 0.2) is 48.5 Å². The van der Waals surface area contributed by atoms with Gasteiger partial charge in [-0.3, -0.25) is 14.5 Å². The summed E-state index contributed by atoms with van der Waals surface area (Å²) in [5, 5.41) is 0. The molecular formula is C24H25NO4S. The molecule has 5 nitrogen and oxygen atoms in total. The lowest BCUT2D eigenvalue weighted by atomic mass is 9.78. The number of carbonyl (C=O) groups is 2.